The Labute approximate surface area is 149 Å². The molecular weight excluding hydrogens is 318 g/mol. The molecule has 3 unspecified atom stereocenters. The molecule has 1 N–H and O–H groups in total. The van der Waals surface area contributed by atoms with Gasteiger partial charge in [0, 0.05) is 12.6 Å². The normalized spacial score (nSPS) is 26.2. The van der Waals surface area contributed by atoms with Crippen molar-refractivity contribution in [2.75, 3.05) is 13.7 Å². The van der Waals surface area contributed by atoms with E-state index in [1.165, 1.54) is 19.3 Å². The van der Waals surface area contributed by atoms with Crippen LogP contribution in [0.2, 0.25) is 0 Å². The highest BCUT2D eigenvalue weighted by Crippen LogP contribution is 2.41. The van der Waals surface area contributed by atoms with Crippen molar-refractivity contribution in [3.63, 3.8) is 0 Å². The Bertz CT molecular complexity index is 603. The summed E-state index contributed by atoms with van der Waals surface area (Å²) in [7, 11) is 1.64. The molecule has 0 spiro atoms. The van der Waals surface area contributed by atoms with Crippen molar-refractivity contribution in [3.05, 3.63) is 23.8 Å². The van der Waals surface area contributed by atoms with Crippen LogP contribution in [0, 0.1) is 5.92 Å². The van der Waals surface area contributed by atoms with E-state index in [4.69, 9.17) is 9.47 Å². The summed E-state index contributed by atoms with van der Waals surface area (Å²) in [6.45, 7) is 3.37. The summed E-state index contributed by atoms with van der Waals surface area (Å²) in [5, 5.41) is 9.68. The Hall–Kier alpha value is -1.75. The molecule has 3 rings (SSSR count). The number of hydrogen-bond acceptors (Lipinski definition) is 4. The predicted molar refractivity (Wildman–Crippen MR) is 96.1 cm³/mol. The fourth-order valence-corrected chi connectivity index (χ4v) is 4.38. The lowest BCUT2D eigenvalue weighted by atomic mass is 9.84. The first kappa shape index (κ1) is 18.1. The van der Waals surface area contributed by atoms with Crippen LogP contribution in [-0.4, -0.2) is 41.8 Å². The van der Waals surface area contributed by atoms with Crippen molar-refractivity contribution >= 4 is 5.97 Å². The van der Waals surface area contributed by atoms with Gasteiger partial charge in [-0.15, -0.1) is 0 Å². The molecule has 0 bridgehead atoms. The lowest BCUT2D eigenvalue weighted by Crippen LogP contribution is -2.41. The number of hydrogen-bond donors (Lipinski definition) is 1. The quantitative estimate of drug-likeness (QED) is 0.815. The van der Waals surface area contributed by atoms with Gasteiger partial charge in [0.1, 0.15) is 6.04 Å². The van der Waals surface area contributed by atoms with E-state index < -0.39 is 5.97 Å². The molecule has 0 amide bonds. The number of likely N-dealkylation sites (tertiary alicyclic amines) is 1. The van der Waals surface area contributed by atoms with Gasteiger partial charge in [0.2, 0.25) is 0 Å². The van der Waals surface area contributed by atoms with Gasteiger partial charge in [-0.3, -0.25) is 9.69 Å². The van der Waals surface area contributed by atoms with Gasteiger partial charge in [0.15, 0.2) is 11.5 Å². The molecule has 2 fully saturated rings. The number of benzene rings is 1. The summed E-state index contributed by atoms with van der Waals surface area (Å²) in [5.74, 6) is 1.31. The van der Waals surface area contributed by atoms with E-state index in [0.29, 0.717) is 25.1 Å². The van der Waals surface area contributed by atoms with Crippen molar-refractivity contribution < 1.29 is 19.4 Å². The van der Waals surface area contributed by atoms with Gasteiger partial charge in [0.25, 0.3) is 0 Å². The summed E-state index contributed by atoms with van der Waals surface area (Å²) in [5.41, 5.74) is 1.09. The van der Waals surface area contributed by atoms with E-state index in [0.717, 1.165) is 36.3 Å². The van der Waals surface area contributed by atoms with Gasteiger partial charge in [-0.1, -0.05) is 25.8 Å². The van der Waals surface area contributed by atoms with E-state index in [-0.39, 0.29) is 6.04 Å². The molecule has 1 aromatic carbocycles. The second-order valence-electron chi connectivity index (χ2n) is 7.21. The molecule has 138 valence electrons. The molecule has 3 atom stereocenters. The van der Waals surface area contributed by atoms with Crippen molar-refractivity contribution in [1.29, 1.82) is 0 Å². The second-order valence-corrected chi connectivity index (χ2v) is 7.21. The Morgan fingerprint density at radius 1 is 1.28 bits per heavy atom. The Balaban J connectivity index is 1.80. The molecule has 0 radical (unpaired) electrons. The molecule has 1 saturated heterocycles. The van der Waals surface area contributed by atoms with Crippen molar-refractivity contribution in [3.8, 4) is 11.5 Å². The molecule has 2 aliphatic rings. The second kappa shape index (κ2) is 8.09. The molecule has 25 heavy (non-hydrogen) atoms. The van der Waals surface area contributed by atoms with Gasteiger partial charge in [0.05, 0.1) is 13.7 Å². The molecule has 1 saturated carbocycles. The summed E-state index contributed by atoms with van der Waals surface area (Å²) < 4.78 is 11.2. The maximum Gasteiger partial charge on any atom is 0.320 e. The number of ether oxygens (including phenoxy) is 2. The van der Waals surface area contributed by atoms with Crippen LogP contribution < -0.4 is 9.47 Å². The lowest BCUT2D eigenvalue weighted by Gasteiger charge is -2.33. The number of nitrogens with zero attached hydrogens (tertiary/aromatic N) is 1. The average molecular weight is 347 g/mol. The number of carbonyl (C=O) groups is 1. The minimum Gasteiger partial charge on any atom is -0.493 e. The maximum absolute atomic E-state index is 11.8. The van der Waals surface area contributed by atoms with Crippen LogP contribution >= 0.6 is 0 Å². The highest BCUT2D eigenvalue weighted by molar-refractivity contribution is 5.74. The highest BCUT2D eigenvalue weighted by Gasteiger charge is 2.44. The van der Waals surface area contributed by atoms with Crippen molar-refractivity contribution in [2.24, 2.45) is 5.92 Å². The Kier molecular flexibility index (Phi) is 5.84. The first-order valence-electron chi connectivity index (χ1n) is 9.42. The third kappa shape index (κ3) is 3.92. The van der Waals surface area contributed by atoms with Crippen LogP contribution in [0.5, 0.6) is 11.5 Å². The van der Waals surface area contributed by atoms with Crippen LogP contribution in [0.3, 0.4) is 0 Å². The van der Waals surface area contributed by atoms with Crippen molar-refractivity contribution in [1.82, 2.24) is 4.90 Å². The first-order chi connectivity index (χ1) is 12.1. The van der Waals surface area contributed by atoms with Crippen LogP contribution in [-0.2, 0) is 11.3 Å². The summed E-state index contributed by atoms with van der Waals surface area (Å²) >= 11 is 0. The summed E-state index contributed by atoms with van der Waals surface area (Å²) in [6, 6.07) is 5.98. The van der Waals surface area contributed by atoms with E-state index in [9.17, 15) is 9.90 Å². The maximum atomic E-state index is 11.8. The van der Waals surface area contributed by atoms with Gasteiger partial charge >= 0.3 is 5.97 Å². The molecule has 5 nitrogen and oxygen atoms in total. The van der Waals surface area contributed by atoms with Gasteiger partial charge in [-0.05, 0) is 49.3 Å². The summed E-state index contributed by atoms with van der Waals surface area (Å²) in [4.78, 5) is 14.0. The smallest absolute Gasteiger partial charge is 0.320 e. The zero-order valence-corrected chi connectivity index (χ0v) is 15.2. The van der Waals surface area contributed by atoms with Crippen LogP contribution in [0.4, 0.5) is 0 Å². The highest BCUT2D eigenvalue weighted by atomic mass is 16.5. The standard InChI is InChI=1S/C20H29NO4/c1-3-10-25-19-11-14(8-9-18(19)24-2)13-21-16-7-5-4-6-15(16)12-17(21)20(22)23/h8-9,11,15-17H,3-7,10,12-13H2,1-2H3,(H,22,23). The molecule has 1 aliphatic heterocycles. The molecule has 1 heterocycles. The number of rotatable bonds is 7. The van der Waals surface area contributed by atoms with Gasteiger partial charge < -0.3 is 14.6 Å². The monoisotopic (exact) mass is 347 g/mol. The average Bonchev–Trinajstić information content (AvgIpc) is 2.99. The zero-order valence-electron chi connectivity index (χ0n) is 15.2. The van der Waals surface area contributed by atoms with Crippen LogP contribution in [0.1, 0.15) is 51.0 Å². The van der Waals surface area contributed by atoms with Gasteiger partial charge in [-0.25, -0.2) is 0 Å². The molecule has 0 aromatic heterocycles. The predicted octanol–water partition coefficient (Wildman–Crippen LogP) is 3.70. The van der Waals surface area contributed by atoms with E-state index >= 15 is 0 Å². The Morgan fingerprint density at radius 2 is 2.08 bits per heavy atom. The number of methoxy groups -OCH3 is 1. The van der Waals surface area contributed by atoms with Gasteiger partial charge in [-0.2, -0.15) is 0 Å². The van der Waals surface area contributed by atoms with Crippen LogP contribution in [0.25, 0.3) is 0 Å². The fourth-order valence-electron chi connectivity index (χ4n) is 4.38. The van der Waals surface area contributed by atoms with E-state index in [1.807, 2.05) is 18.2 Å². The van der Waals surface area contributed by atoms with E-state index in [1.54, 1.807) is 7.11 Å². The fraction of sp³-hybridized carbons (Fsp3) is 0.650. The van der Waals surface area contributed by atoms with E-state index in [2.05, 4.69) is 11.8 Å². The lowest BCUT2D eigenvalue weighted by molar-refractivity contribution is -0.142. The Morgan fingerprint density at radius 3 is 2.80 bits per heavy atom. The minimum absolute atomic E-state index is 0.366. The molecule has 5 heteroatoms. The third-order valence-electron chi connectivity index (χ3n) is 5.56. The van der Waals surface area contributed by atoms with Crippen LogP contribution in [0.15, 0.2) is 18.2 Å². The molecule has 1 aliphatic carbocycles. The SMILES string of the molecule is CCCOc1cc(CN2C(C(=O)O)CC3CCCCC32)ccc1OC. The largest absolute Gasteiger partial charge is 0.493 e. The molecule has 1 aromatic rings. The summed E-state index contributed by atoms with van der Waals surface area (Å²) in [6.07, 6.45) is 6.44. The first-order valence-corrected chi connectivity index (χ1v) is 9.42. The number of aliphatic carboxylic acids is 1. The van der Waals surface area contributed by atoms with Crippen molar-refractivity contribution in [2.45, 2.75) is 64.1 Å². The third-order valence-corrected chi connectivity index (χ3v) is 5.56. The molecular formula is C20H29NO4. The number of carboxylic acids is 1. The zero-order chi connectivity index (χ0) is 17.8. The number of carboxylic acid groups (broad SMARTS) is 1. The number of fused-ring (bicyclic) bond motifs is 1. The topological polar surface area (TPSA) is 59.0 Å². The minimum atomic E-state index is -0.689.